The van der Waals surface area contributed by atoms with E-state index in [0.717, 1.165) is 13.0 Å². The zero-order chi connectivity index (χ0) is 12.4. The Labute approximate surface area is 102 Å². The summed E-state index contributed by atoms with van der Waals surface area (Å²) in [6.45, 7) is 0.737. The second-order valence-electron chi connectivity index (χ2n) is 4.30. The molecule has 0 radical (unpaired) electrons. The van der Waals surface area contributed by atoms with Gasteiger partial charge in [-0.1, -0.05) is 0 Å². The van der Waals surface area contributed by atoms with E-state index in [2.05, 4.69) is 0 Å². The Balaban J connectivity index is 2.35. The molecule has 94 valence electrons. The molecule has 2 unspecified atom stereocenters. The van der Waals surface area contributed by atoms with E-state index < -0.39 is 0 Å². The predicted octanol–water partition coefficient (Wildman–Crippen LogP) is 1.77. The first-order valence-electron chi connectivity index (χ1n) is 5.75. The summed E-state index contributed by atoms with van der Waals surface area (Å²) in [5.74, 6) is 3.20. The normalized spacial score (nSPS) is 22.1. The largest absolute Gasteiger partial charge is 0.493 e. The summed E-state index contributed by atoms with van der Waals surface area (Å²) < 4.78 is 16.0. The van der Waals surface area contributed by atoms with Gasteiger partial charge in [0, 0.05) is 0 Å². The van der Waals surface area contributed by atoms with Crippen molar-refractivity contribution in [2.24, 2.45) is 11.7 Å². The molecule has 1 aromatic rings. The molecule has 1 fully saturated rings. The van der Waals surface area contributed by atoms with Gasteiger partial charge in [0.15, 0.2) is 11.5 Å². The van der Waals surface area contributed by atoms with Crippen molar-refractivity contribution in [2.75, 3.05) is 27.9 Å². The summed E-state index contributed by atoms with van der Waals surface area (Å²) in [4.78, 5) is 0. The van der Waals surface area contributed by atoms with E-state index in [-0.39, 0.29) is 0 Å². The summed E-state index contributed by atoms with van der Waals surface area (Å²) in [7, 11) is 4.88. The molecule has 0 aliphatic heterocycles. The van der Waals surface area contributed by atoms with Crippen molar-refractivity contribution in [3.63, 3.8) is 0 Å². The average Bonchev–Trinajstić information content (AvgIpc) is 3.16. The second-order valence-corrected chi connectivity index (χ2v) is 4.30. The van der Waals surface area contributed by atoms with Gasteiger partial charge in [0.2, 0.25) is 5.75 Å². The molecule has 1 aliphatic rings. The molecule has 2 atom stereocenters. The maximum absolute atomic E-state index is 5.67. The van der Waals surface area contributed by atoms with Gasteiger partial charge in [-0.2, -0.15) is 0 Å². The topological polar surface area (TPSA) is 53.7 Å². The van der Waals surface area contributed by atoms with Crippen molar-refractivity contribution in [2.45, 2.75) is 12.3 Å². The molecule has 1 aromatic carbocycles. The number of rotatable bonds is 5. The zero-order valence-electron chi connectivity index (χ0n) is 10.5. The van der Waals surface area contributed by atoms with Crippen molar-refractivity contribution < 1.29 is 14.2 Å². The Hall–Kier alpha value is -1.42. The van der Waals surface area contributed by atoms with Gasteiger partial charge in [-0.3, -0.25) is 0 Å². The number of hydrogen-bond acceptors (Lipinski definition) is 4. The molecule has 2 rings (SSSR count). The van der Waals surface area contributed by atoms with Gasteiger partial charge in [0.05, 0.1) is 21.3 Å². The van der Waals surface area contributed by atoms with E-state index in [9.17, 15) is 0 Å². The molecule has 4 nitrogen and oxygen atoms in total. The Morgan fingerprint density at radius 3 is 2.06 bits per heavy atom. The highest BCUT2D eigenvalue weighted by atomic mass is 16.5. The number of nitrogens with two attached hydrogens (primary N) is 1. The van der Waals surface area contributed by atoms with Gasteiger partial charge in [0.1, 0.15) is 0 Å². The predicted molar refractivity (Wildman–Crippen MR) is 66.0 cm³/mol. The van der Waals surface area contributed by atoms with E-state index in [1.54, 1.807) is 21.3 Å². The van der Waals surface area contributed by atoms with Crippen LogP contribution in [0.25, 0.3) is 0 Å². The van der Waals surface area contributed by atoms with E-state index in [0.29, 0.717) is 29.1 Å². The summed E-state index contributed by atoms with van der Waals surface area (Å²) in [5.41, 5.74) is 6.89. The van der Waals surface area contributed by atoms with Gasteiger partial charge >= 0.3 is 0 Å². The fourth-order valence-corrected chi connectivity index (χ4v) is 2.23. The van der Waals surface area contributed by atoms with E-state index in [4.69, 9.17) is 19.9 Å². The van der Waals surface area contributed by atoms with Crippen molar-refractivity contribution in [1.29, 1.82) is 0 Å². The standard InChI is InChI=1S/C13H19NO3/c1-15-11-5-8(10-4-9(10)7-14)6-12(16-2)13(11)17-3/h5-6,9-10H,4,7,14H2,1-3H3. The molecule has 0 bridgehead atoms. The highest BCUT2D eigenvalue weighted by Crippen LogP contribution is 2.50. The van der Waals surface area contributed by atoms with Crippen LogP contribution in [-0.4, -0.2) is 27.9 Å². The van der Waals surface area contributed by atoms with Gasteiger partial charge in [-0.05, 0) is 42.5 Å². The highest BCUT2D eigenvalue weighted by Gasteiger charge is 2.38. The Morgan fingerprint density at radius 2 is 1.71 bits per heavy atom. The molecule has 0 spiro atoms. The Bertz CT molecular complexity index is 381. The molecule has 17 heavy (non-hydrogen) atoms. The van der Waals surface area contributed by atoms with E-state index in [1.807, 2.05) is 12.1 Å². The van der Waals surface area contributed by atoms with Crippen molar-refractivity contribution >= 4 is 0 Å². The monoisotopic (exact) mass is 237 g/mol. The molecule has 0 saturated heterocycles. The summed E-state index contributed by atoms with van der Waals surface area (Å²) >= 11 is 0. The third-order valence-electron chi connectivity index (χ3n) is 3.34. The summed E-state index contributed by atoms with van der Waals surface area (Å²) in [6, 6.07) is 4.03. The number of benzene rings is 1. The van der Waals surface area contributed by atoms with Crippen LogP contribution in [-0.2, 0) is 0 Å². The minimum Gasteiger partial charge on any atom is -0.493 e. The van der Waals surface area contributed by atoms with Crippen LogP contribution in [0.3, 0.4) is 0 Å². The van der Waals surface area contributed by atoms with Crippen LogP contribution >= 0.6 is 0 Å². The van der Waals surface area contributed by atoms with Crippen molar-refractivity contribution in [3.05, 3.63) is 17.7 Å². The lowest BCUT2D eigenvalue weighted by atomic mass is 10.1. The molecule has 0 amide bonds. The van der Waals surface area contributed by atoms with E-state index >= 15 is 0 Å². The van der Waals surface area contributed by atoms with Gasteiger partial charge in [0.25, 0.3) is 0 Å². The Morgan fingerprint density at radius 1 is 1.12 bits per heavy atom. The third kappa shape index (κ3) is 2.17. The first-order valence-corrected chi connectivity index (χ1v) is 5.75. The quantitative estimate of drug-likeness (QED) is 0.848. The Kier molecular flexibility index (Phi) is 3.43. The molecule has 0 heterocycles. The van der Waals surface area contributed by atoms with Crippen molar-refractivity contribution in [3.8, 4) is 17.2 Å². The van der Waals surface area contributed by atoms with Gasteiger partial charge in [-0.25, -0.2) is 0 Å². The minimum absolute atomic E-state index is 0.536. The first kappa shape index (κ1) is 12.0. The van der Waals surface area contributed by atoms with Crippen LogP contribution < -0.4 is 19.9 Å². The van der Waals surface area contributed by atoms with Crippen molar-refractivity contribution in [1.82, 2.24) is 0 Å². The molecule has 2 N–H and O–H groups in total. The molecular formula is C13H19NO3. The molecule has 4 heteroatoms. The smallest absolute Gasteiger partial charge is 0.203 e. The maximum atomic E-state index is 5.67. The van der Waals surface area contributed by atoms with Crippen LogP contribution in [0.2, 0.25) is 0 Å². The van der Waals surface area contributed by atoms with Gasteiger partial charge in [-0.15, -0.1) is 0 Å². The lowest BCUT2D eigenvalue weighted by molar-refractivity contribution is 0.323. The first-order chi connectivity index (χ1) is 8.24. The molecule has 1 aliphatic carbocycles. The van der Waals surface area contributed by atoms with Crippen LogP contribution in [0, 0.1) is 5.92 Å². The third-order valence-corrected chi connectivity index (χ3v) is 3.34. The SMILES string of the molecule is COc1cc(C2CC2CN)cc(OC)c1OC. The molecule has 1 saturated carbocycles. The fourth-order valence-electron chi connectivity index (χ4n) is 2.23. The zero-order valence-corrected chi connectivity index (χ0v) is 10.5. The average molecular weight is 237 g/mol. The maximum Gasteiger partial charge on any atom is 0.203 e. The lowest BCUT2D eigenvalue weighted by Crippen LogP contribution is -2.02. The number of ether oxygens (including phenoxy) is 3. The van der Waals surface area contributed by atoms with Gasteiger partial charge < -0.3 is 19.9 Å². The van der Waals surface area contributed by atoms with Crippen LogP contribution in [0.15, 0.2) is 12.1 Å². The summed E-state index contributed by atoms with van der Waals surface area (Å²) in [6.07, 6.45) is 1.15. The number of hydrogen-bond donors (Lipinski definition) is 1. The van der Waals surface area contributed by atoms with E-state index in [1.165, 1.54) is 5.56 Å². The molecule has 0 aromatic heterocycles. The van der Waals surface area contributed by atoms with Crippen LogP contribution in [0.4, 0.5) is 0 Å². The van der Waals surface area contributed by atoms with Crippen LogP contribution in [0.5, 0.6) is 17.2 Å². The molecular weight excluding hydrogens is 218 g/mol. The highest BCUT2D eigenvalue weighted by molar-refractivity contribution is 5.55. The van der Waals surface area contributed by atoms with Crippen LogP contribution in [0.1, 0.15) is 17.9 Å². The number of methoxy groups -OCH3 is 3. The minimum atomic E-state index is 0.536. The summed E-state index contributed by atoms with van der Waals surface area (Å²) in [5, 5.41) is 0. The fraction of sp³-hybridized carbons (Fsp3) is 0.538. The second kappa shape index (κ2) is 4.84. The lowest BCUT2D eigenvalue weighted by Gasteiger charge is -2.14.